The lowest BCUT2D eigenvalue weighted by Gasteiger charge is -2.27. The van der Waals surface area contributed by atoms with E-state index in [0.717, 1.165) is 18.7 Å². The molecule has 18 heavy (non-hydrogen) atoms. The lowest BCUT2D eigenvalue weighted by molar-refractivity contribution is 0.0847. The van der Waals surface area contributed by atoms with Gasteiger partial charge in [-0.25, -0.2) is 0 Å². The van der Waals surface area contributed by atoms with Gasteiger partial charge in [-0.15, -0.1) is 0 Å². The molecule has 3 N–H and O–H groups in total. The predicted octanol–water partition coefficient (Wildman–Crippen LogP) is 1.55. The Hall–Kier alpha value is -1.55. The summed E-state index contributed by atoms with van der Waals surface area (Å²) in [4.78, 5) is 12.1. The molecule has 0 fully saturated rings. The number of rotatable bonds is 4. The van der Waals surface area contributed by atoms with Crippen LogP contribution < -0.4 is 10.6 Å². The molecule has 98 valence electrons. The van der Waals surface area contributed by atoms with Crippen molar-refractivity contribution in [1.29, 1.82) is 0 Å². The van der Waals surface area contributed by atoms with Gasteiger partial charge in [0.15, 0.2) is 0 Å². The Morgan fingerprint density at radius 1 is 1.56 bits per heavy atom. The summed E-state index contributed by atoms with van der Waals surface area (Å²) in [6.07, 6.45) is 1.66. The minimum absolute atomic E-state index is 0.0538. The standard InChI is InChI=1S/C14H20N2O2/c1-3-14(2,9-17)16-13(18)11-4-5-12-10(8-11)6-7-15-12/h4-5,8,15,17H,3,6-7,9H2,1-2H3,(H,16,18). The third-order valence-electron chi connectivity index (χ3n) is 3.62. The highest BCUT2D eigenvalue weighted by atomic mass is 16.3. The molecule has 0 aliphatic carbocycles. The molecule has 1 aromatic rings. The maximum Gasteiger partial charge on any atom is 0.251 e. The summed E-state index contributed by atoms with van der Waals surface area (Å²) in [5.41, 5.74) is 2.41. The molecule has 1 heterocycles. The van der Waals surface area contributed by atoms with E-state index in [-0.39, 0.29) is 12.5 Å². The summed E-state index contributed by atoms with van der Waals surface area (Å²) in [5.74, 6) is -0.122. The summed E-state index contributed by atoms with van der Waals surface area (Å²) in [6.45, 7) is 4.67. The van der Waals surface area contributed by atoms with E-state index in [1.165, 1.54) is 5.56 Å². The highest BCUT2D eigenvalue weighted by molar-refractivity contribution is 5.95. The topological polar surface area (TPSA) is 61.4 Å². The van der Waals surface area contributed by atoms with E-state index in [2.05, 4.69) is 10.6 Å². The second-order valence-electron chi connectivity index (χ2n) is 5.08. The second kappa shape index (κ2) is 4.98. The highest BCUT2D eigenvalue weighted by Gasteiger charge is 2.24. The zero-order chi connectivity index (χ0) is 13.2. The fourth-order valence-corrected chi connectivity index (χ4v) is 2.03. The molecule has 1 atom stereocenters. The van der Waals surface area contributed by atoms with Crippen LogP contribution in [-0.2, 0) is 6.42 Å². The Bertz CT molecular complexity index is 453. The van der Waals surface area contributed by atoms with Crippen LogP contribution in [-0.4, -0.2) is 29.7 Å². The van der Waals surface area contributed by atoms with E-state index >= 15 is 0 Å². The maximum absolute atomic E-state index is 12.1. The maximum atomic E-state index is 12.1. The van der Waals surface area contributed by atoms with Gasteiger partial charge in [-0.2, -0.15) is 0 Å². The average molecular weight is 248 g/mol. The Labute approximate surface area is 107 Å². The molecule has 0 spiro atoms. The quantitative estimate of drug-likeness (QED) is 0.757. The van der Waals surface area contributed by atoms with Gasteiger partial charge in [0, 0.05) is 17.8 Å². The van der Waals surface area contributed by atoms with E-state index in [1.54, 1.807) is 0 Å². The minimum atomic E-state index is -0.547. The van der Waals surface area contributed by atoms with Crippen LogP contribution in [0.15, 0.2) is 18.2 Å². The summed E-state index contributed by atoms with van der Waals surface area (Å²) >= 11 is 0. The molecule has 2 rings (SSSR count). The van der Waals surface area contributed by atoms with Gasteiger partial charge in [-0.05, 0) is 43.5 Å². The fraction of sp³-hybridized carbons (Fsp3) is 0.500. The first kappa shape index (κ1) is 12.9. The number of hydrogen-bond donors (Lipinski definition) is 3. The van der Waals surface area contributed by atoms with Gasteiger partial charge in [0.2, 0.25) is 0 Å². The number of anilines is 1. The third-order valence-corrected chi connectivity index (χ3v) is 3.62. The molecular formula is C14H20N2O2. The molecule has 0 saturated heterocycles. The van der Waals surface area contributed by atoms with E-state index in [1.807, 2.05) is 32.0 Å². The smallest absolute Gasteiger partial charge is 0.251 e. The number of nitrogens with one attached hydrogen (secondary N) is 2. The molecule has 0 aromatic heterocycles. The first-order valence-electron chi connectivity index (χ1n) is 6.38. The van der Waals surface area contributed by atoms with Crippen molar-refractivity contribution in [3.63, 3.8) is 0 Å². The molecule has 0 bridgehead atoms. The Balaban J connectivity index is 2.14. The Morgan fingerprint density at radius 2 is 2.33 bits per heavy atom. The molecule has 4 heteroatoms. The van der Waals surface area contributed by atoms with E-state index in [4.69, 9.17) is 0 Å². The predicted molar refractivity (Wildman–Crippen MR) is 71.9 cm³/mol. The number of fused-ring (bicyclic) bond motifs is 1. The first-order valence-corrected chi connectivity index (χ1v) is 6.38. The van der Waals surface area contributed by atoms with E-state index in [0.29, 0.717) is 12.0 Å². The van der Waals surface area contributed by atoms with Crippen molar-refractivity contribution in [2.24, 2.45) is 0 Å². The summed E-state index contributed by atoms with van der Waals surface area (Å²) in [6, 6.07) is 5.69. The van der Waals surface area contributed by atoms with Gasteiger partial charge in [-0.1, -0.05) is 6.92 Å². The van der Waals surface area contributed by atoms with Crippen LogP contribution in [0.5, 0.6) is 0 Å². The second-order valence-corrected chi connectivity index (χ2v) is 5.08. The van der Waals surface area contributed by atoms with Gasteiger partial charge in [0.05, 0.1) is 12.1 Å². The van der Waals surface area contributed by atoms with Crippen LogP contribution in [0.2, 0.25) is 0 Å². The number of carbonyl (C=O) groups is 1. The molecule has 0 radical (unpaired) electrons. The molecule has 1 aliphatic rings. The molecule has 1 aromatic carbocycles. The lowest BCUT2D eigenvalue weighted by atomic mass is 9.99. The van der Waals surface area contributed by atoms with Crippen molar-refractivity contribution in [3.8, 4) is 0 Å². The largest absolute Gasteiger partial charge is 0.394 e. The zero-order valence-electron chi connectivity index (χ0n) is 10.9. The highest BCUT2D eigenvalue weighted by Crippen LogP contribution is 2.23. The van der Waals surface area contributed by atoms with Crippen LogP contribution in [0, 0.1) is 0 Å². The van der Waals surface area contributed by atoms with Gasteiger partial charge in [0.1, 0.15) is 0 Å². The number of benzene rings is 1. The van der Waals surface area contributed by atoms with Gasteiger partial charge < -0.3 is 15.7 Å². The SMILES string of the molecule is CCC(C)(CO)NC(=O)c1ccc2c(c1)CCN2. The van der Waals surface area contributed by atoms with Crippen molar-refractivity contribution in [1.82, 2.24) is 5.32 Å². The molecule has 0 saturated carbocycles. The molecule has 1 amide bonds. The molecular weight excluding hydrogens is 228 g/mol. The van der Waals surface area contributed by atoms with E-state index < -0.39 is 5.54 Å². The van der Waals surface area contributed by atoms with Crippen LogP contribution >= 0.6 is 0 Å². The number of hydrogen-bond acceptors (Lipinski definition) is 3. The van der Waals surface area contributed by atoms with Crippen molar-refractivity contribution < 1.29 is 9.90 Å². The van der Waals surface area contributed by atoms with Crippen molar-refractivity contribution >= 4 is 11.6 Å². The van der Waals surface area contributed by atoms with Crippen LogP contribution in [0.1, 0.15) is 36.2 Å². The van der Waals surface area contributed by atoms with Crippen molar-refractivity contribution in [2.75, 3.05) is 18.5 Å². The van der Waals surface area contributed by atoms with Gasteiger partial charge in [0.25, 0.3) is 5.91 Å². The normalized spacial score (nSPS) is 16.6. The third kappa shape index (κ3) is 2.48. The monoisotopic (exact) mass is 248 g/mol. The zero-order valence-corrected chi connectivity index (χ0v) is 10.9. The van der Waals surface area contributed by atoms with Gasteiger partial charge >= 0.3 is 0 Å². The fourth-order valence-electron chi connectivity index (χ4n) is 2.03. The Morgan fingerprint density at radius 3 is 3.00 bits per heavy atom. The van der Waals surface area contributed by atoms with Crippen molar-refractivity contribution in [3.05, 3.63) is 29.3 Å². The minimum Gasteiger partial charge on any atom is -0.394 e. The van der Waals surface area contributed by atoms with Gasteiger partial charge in [-0.3, -0.25) is 4.79 Å². The number of aliphatic hydroxyl groups excluding tert-OH is 1. The molecule has 1 unspecified atom stereocenters. The lowest BCUT2D eigenvalue weighted by Crippen LogP contribution is -2.48. The molecule has 4 nitrogen and oxygen atoms in total. The average Bonchev–Trinajstić information content (AvgIpc) is 2.85. The first-order chi connectivity index (χ1) is 8.58. The number of carbonyl (C=O) groups excluding carboxylic acids is 1. The summed E-state index contributed by atoms with van der Waals surface area (Å²) < 4.78 is 0. The number of amides is 1. The van der Waals surface area contributed by atoms with Crippen molar-refractivity contribution in [2.45, 2.75) is 32.2 Å². The van der Waals surface area contributed by atoms with Crippen LogP contribution in [0.4, 0.5) is 5.69 Å². The van der Waals surface area contributed by atoms with Crippen LogP contribution in [0.3, 0.4) is 0 Å². The molecule has 1 aliphatic heterocycles. The van der Waals surface area contributed by atoms with E-state index in [9.17, 15) is 9.90 Å². The number of aliphatic hydroxyl groups is 1. The summed E-state index contributed by atoms with van der Waals surface area (Å²) in [7, 11) is 0. The van der Waals surface area contributed by atoms with Crippen LogP contribution in [0.25, 0.3) is 0 Å². The summed E-state index contributed by atoms with van der Waals surface area (Å²) in [5, 5.41) is 15.5. The Kier molecular flexibility index (Phi) is 3.57.